The number of aromatic nitrogens is 5. The van der Waals surface area contributed by atoms with Crippen LogP contribution in [0.5, 0.6) is 0 Å². The van der Waals surface area contributed by atoms with E-state index in [1.165, 1.54) is 16.7 Å². The van der Waals surface area contributed by atoms with Crippen LogP contribution < -0.4 is 14.9 Å². The minimum Gasteiger partial charge on any atom is -0.367 e. The molecule has 10 nitrogen and oxygen atoms in total. The second-order valence-electron chi connectivity index (χ2n) is 8.04. The number of sulfonamides is 1. The van der Waals surface area contributed by atoms with E-state index in [1.54, 1.807) is 24.3 Å². The minimum absolute atomic E-state index is 0.0314. The molecule has 14 heteroatoms. The first-order valence-corrected chi connectivity index (χ1v) is 11.9. The molecule has 5 rings (SSSR count). The highest BCUT2D eigenvalue weighted by Gasteiger charge is 2.36. The standard InChI is InChI=1S/C20H19F3N8O2S/c21-20(22,23)16-10-26-19(30-29-16)28-14-4-3-13(8-14)27-17-6-5-15(9-25-17)31-11-12-2-1-7-24-18(12)34(31,32)33/h1-2,5-7,9-10,13-14H,3-4,8,11H2,(H,25,27)(H,26,28,30)/t13-,14-/m0/s1. The van der Waals surface area contributed by atoms with Gasteiger partial charge < -0.3 is 10.6 Å². The van der Waals surface area contributed by atoms with Gasteiger partial charge in [0.15, 0.2) is 10.7 Å². The highest BCUT2D eigenvalue weighted by atomic mass is 32.2. The van der Waals surface area contributed by atoms with Gasteiger partial charge in [-0.15, -0.1) is 10.2 Å². The van der Waals surface area contributed by atoms with Crippen molar-refractivity contribution in [1.82, 2.24) is 25.1 Å². The second-order valence-corrected chi connectivity index (χ2v) is 9.82. The van der Waals surface area contributed by atoms with E-state index in [0.717, 1.165) is 12.8 Å². The summed E-state index contributed by atoms with van der Waals surface area (Å²) in [6, 6.07) is 6.88. The van der Waals surface area contributed by atoms with Crippen LogP contribution in [0.3, 0.4) is 0 Å². The zero-order chi connectivity index (χ0) is 23.9. The number of fused-ring (bicyclic) bond motifs is 1. The third-order valence-corrected chi connectivity index (χ3v) is 7.48. The fraction of sp³-hybridized carbons (Fsp3) is 0.350. The van der Waals surface area contributed by atoms with Gasteiger partial charge in [0.25, 0.3) is 10.0 Å². The molecule has 0 aromatic carbocycles. The van der Waals surface area contributed by atoms with Gasteiger partial charge >= 0.3 is 6.18 Å². The molecule has 2 atom stereocenters. The highest BCUT2D eigenvalue weighted by Crippen LogP contribution is 2.33. The van der Waals surface area contributed by atoms with Crippen molar-refractivity contribution in [1.29, 1.82) is 0 Å². The maximum Gasteiger partial charge on any atom is 0.436 e. The molecule has 0 saturated heterocycles. The molecule has 0 radical (unpaired) electrons. The third kappa shape index (κ3) is 4.32. The highest BCUT2D eigenvalue weighted by molar-refractivity contribution is 7.93. The van der Waals surface area contributed by atoms with Crippen molar-refractivity contribution in [2.45, 2.75) is 49.1 Å². The van der Waals surface area contributed by atoms with E-state index in [2.05, 4.69) is 35.8 Å². The van der Waals surface area contributed by atoms with Crippen molar-refractivity contribution in [2.24, 2.45) is 0 Å². The molecule has 2 aliphatic rings. The van der Waals surface area contributed by atoms with Crippen molar-refractivity contribution < 1.29 is 21.6 Å². The van der Waals surface area contributed by atoms with Crippen molar-refractivity contribution in [3.8, 4) is 0 Å². The predicted molar refractivity (Wildman–Crippen MR) is 115 cm³/mol. The van der Waals surface area contributed by atoms with Crippen LogP contribution >= 0.6 is 0 Å². The predicted octanol–water partition coefficient (Wildman–Crippen LogP) is 2.83. The quantitative estimate of drug-likeness (QED) is 0.553. The topological polar surface area (TPSA) is 126 Å². The summed E-state index contributed by atoms with van der Waals surface area (Å²) in [5.74, 6) is 0.637. The molecule has 34 heavy (non-hydrogen) atoms. The van der Waals surface area contributed by atoms with Gasteiger partial charge in [0, 0.05) is 23.8 Å². The summed E-state index contributed by atoms with van der Waals surface area (Å²) in [7, 11) is -3.71. The number of alkyl halides is 3. The summed E-state index contributed by atoms with van der Waals surface area (Å²) in [6.45, 7) is 0.205. The number of hydrogen-bond donors (Lipinski definition) is 2. The van der Waals surface area contributed by atoms with Crippen LogP contribution in [0.1, 0.15) is 30.5 Å². The van der Waals surface area contributed by atoms with E-state index >= 15 is 0 Å². The summed E-state index contributed by atoms with van der Waals surface area (Å²) in [5, 5.41) is 13.1. The van der Waals surface area contributed by atoms with Crippen LogP contribution in [0.4, 0.5) is 30.6 Å². The Hall–Kier alpha value is -3.55. The van der Waals surface area contributed by atoms with Gasteiger partial charge in [-0.1, -0.05) is 6.07 Å². The first-order chi connectivity index (χ1) is 16.2. The smallest absolute Gasteiger partial charge is 0.367 e. The van der Waals surface area contributed by atoms with Gasteiger partial charge in [0.1, 0.15) is 5.82 Å². The zero-order valence-corrected chi connectivity index (χ0v) is 18.4. The summed E-state index contributed by atoms with van der Waals surface area (Å²) in [5.41, 5.74) is -0.0525. The van der Waals surface area contributed by atoms with Gasteiger partial charge in [-0.3, -0.25) is 4.31 Å². The normalized spacial score (nSPS) is 21.3. The Morgan fingerprint density at radius 2 is 1.76 bits per heavy atom. The lowest BCUT2D eigenvalue weighted by Gasteiger charge is -2.18. The summed E-state index contributed by atoms with van der Waals surface area (Å²) in [4.78, 5) is 12.0. The summed E-state index contributed by atoms with van der Waals surface area (Å²) < 4.78 is 64.5. The molecule has 1 saturated carbocycles. The lowest BCUT2D eigenvalue weighted by atomic mass is 10.2. The molecule has 4 heterocycles. The molecule has 0 bridgehead atoms. The SMILES string of the molecule is O=S1(=O)c2ncccc2CN1c1ccc(N[C@H]2CC[C@H](Nc3ncc(C(F)(F)F)nn3)C2)nc1. The number of rotatable bonds is 5. The van der Waals surface area contributed by atoms with E-state index < -0.39 is 21.9 Å². The van der Waals surface area contributed by atoms with Crippen molar-refractivity contribution in [2.75, 3.05) is 14.9 Å². The van der Waals surface area contributed by atoms with Crippen molar-refractivity contribution in [3.63, 3.8) is 0 Å². The Labute approximate surface area is 192 Å². The minimum atomic E-state index is -4.58. The van der Waals surface area contributed by atoms with Crippen LogP contribution in [-0.2, 0) is 22.7 Å². The van der Waals surface area contributed by atoms with Crippen LogP contribution in [-0.4, -0.2) is 45.7 Å². The molecular weight excluding hydrogens is 473 g/mol. The van der Waals surface area contributed by atoms with Gasteiger partial charge in [-0.05, 0) is 37.5 Å². The number of anilines is 3. The zero-order valence-electron chi connectivity index (χ0n) is 17.6. The molecule has 1 aliphatic heterocycles. The average Bonchev–Trinajstić information content (AvgIpc) is 3.35. The summed E-state index contributed by atoms with van der Waals surface area (Å²) in [6.07, 6.45) is 1.26. The van der Waals surface area contributed by atoms with E-state index in [4.69, 9.17) is 0 Å². The monoisotopic (exact) mass is 492 g/mol. The fourth-order valence-corrected chi connectivity index (χ4v) is 5.64. The molecule has 0 spiro atoms. The number of nitrogens with zero attached hydrogens (tertiary/aromatic N) is 6. The lowest BCUT2D eigenvalue weighted by molar-refractivity contribution is -0.142. The Bertz CT molecular complexity index is 1290. The number of nitrogens with one attached hydrogen (secondary N) is 2. The Balaban J connectivity index is 1.18. The van der Waals surface area contributed by atoms with Gasteiger partial charge in [0.2, 0.25) is 5.95 Å². The third-order valence-electron chi connectivity index (χ3n) is 5.70. The maximum absolute atomic E-state index is 12.7. The molecule has 1 aliphatic carbocycles. The molecular formula is C20H19F3N8O2S. The maximum atomic E-state index is 12.7. The Morgan fingerprint density at radius 1 is 0.971 bits per heavy atom. The Morgan fingerprint density at radius 3 is 2.41 bits per heavy atom. The van der Waals surface area contributed by atoms with Gasteiger partial charge in [-0.25, -0.2) is 15.0 Å². The van der Waals surface area contributed by atoms with E-state index in [9.17, 15) is 21.6 Å². The second kappa shape index (κ2) is 8.34. The van der Waals surface area contributed by atoms with Crippen LogP contribution in [0.25, 0.3) is 0 Å². The average molecular weight is 492 g/mol. The largest absolute Gasteiger partial charge is 0.436 e. The van der Waals surface area contributed by atoms with Crippen molar-refractivity contribution >= 4 is 27.5 Å². The lowest BCUT2D eigenvalue weighted by Crippen LogP contribution is -2.24. The van der Waals surface area contributed by atoms with E-state index in [-0.39, 0.29) is 29.6 Å². The molecule has 2 N–H and O–H groups in total. The number of hydrogen-bond acceptors (Lipinski definition) is 9. The Kier molecular flexibility index (Phi) is 5.46. The molecule has 1 fully saturated rings. The van der Waals surface area contributed by atoms with E-state index in [0.29, 0.717) is 29.7 Å². The fourth-order valence-electron chi connectivity index (χ4n) is 4.08. The summed E-state index contributed by atoms with van der Waals surface area (Å²) >= 11 is 0. The molecule has 3 aromatic heterocycles. The molecule has 0 unspecified atom stereocenters. The van der Waals surface area contributed by atoms with Crippen LogP contribution in [0.2, 0.25) is 0 Å². The van der Waals surface area contributed by atoms with Crippen molar-refractivity contribution in [3.05, 3.63) is 54.1 Å². The van der Waals surface area contributed by atoms with E-state index in [1.807, 2.05) is 0 Å². The first kappa shape index (κ1) is 22.3. The van der Waals surface area contributed by atoms with Gasteiger partial charge in [0.05, 0.1) is 24.6 Å². The molecule has 0 amide bonds. The number of halogens is 3. The van der Waals surface area contributed by atoms with Gasteiger partial charge in [-0.2, -0.15) is 21.6 Å². The first-order valence-electron chi connectivity index (χ1n) is 10.4. The molecule has 3 aromatic rings. The number of pyridine rings is 2. The molecule has 178 valence electrons. The van der Waals surface area contributed by atoms with Crippen LogP contribution in [0.15, 0.2) is 47.9 Å². The van der Waals surface area contributed by atoms with Crippen LogP contribution in [0, 0.1) is 0 Å².